The number of amides is 1. The summed E-state index contributed by atoms with van der Waals surface area (Å²) >= 11 is 1.40. The average molecular weight is 331 g/mol. The first-order valence-corrected chi connectivity index (χ1v) is 8.69. The lowest BCUT2D eigenvalue weighted by molar-refractivity contribution is -0.122. The first-order chi connectivity index (χ1) is 11.1. The lowest BCUT2D eigenvalue weighted by Gasteiger charge is -2.31. The summed E-state index contributed by atoms with van der Waals surface area (Å²) in [4.78, 5) is 17.0. The van der Waals surface area contributed by atoms with E-state index in [1.807, 2.05) is 29.6 Å². The Bertz CT molecular complexity index is 693. The van der Waals surface area contributed by atoms with Crippen LogP contribution < -0.4 is 15.8 Å². The summed E-state index contributed by atoms with van der Waals surface area (Å²) in [5.41, 5.74) is 7.20. The van der Waals surface area contributed by atoms with Crippen molar-refractivity contribution in [2.24, 2.45) is 5.73 Å². The summed E-state index contributed by atoms with van der Waals surface area (Å²) in [7, 11) is 1.63. The van der Waals surface area contributed by atoms with E-state index in [9.17, 15) is 4.79 Å². The number of nitrogens with two attached hydrogens (primary N) is 1. The molecule has 122 valence electrons. The van der Waals surface area contributed by atoms with Gasteiger partial charge in [-0.1, -0.05) is 31.4 Å². The number of benzene rings is 1. The molecule has 0 unspecified atom stereocenters. The van der Waals surface area contributed by atoms with Gasteiger partial charge in [-0.3, -0.25) is 4.79 Å². The van der Waals surface area contributed by atoms with Gasteiger partial charge in [0.25, 0.3) is 0 Å². The molecule has 1 heterocycles. The summed E-state index contributed by atoms with van der Waals surface area (Å²) in [6.45, 7) is 0. The fraction of sp³-hybridized carbons (Fsp3) is 0.412. The fourth-order valence-electron chi connectivity index (χ4n) is 2.94. The third-order valence-electron chi connectivity index (χ3n) is 4.31. The molecule has 0 spiro atoms. The maximum absolute atomic E-state index is 12.5. The van der Waals surface area contributed by atoms with Crippen molar-refractivity contribution in [3.8, 4) is 17.0 Å². The van der Waals surface area contributed by atoms with Gasteiger partial charge >= 0.3 is 0 Å². The minimum Gasteiger partial charge on any atom is -0.496 e. The number of carbonyl (C=O) groups excluding carboxylic acids is 1. The zero-order chi connectivity index (χ0) is 16.3. The number of rotatable bonds is 4. The Labute approximate surface area is 139 Å². The first-order valence-electron chi connectivity index (χ1n) is 7.82. The van der Waals surface area contributed by atoms with E-state index in [1.54, 1.807) is 7.11 Å². The van der Waals surface area contributed by atoms with Crippen molar-refractivity contribution >= 4 is 22.4 Å². The minimum atomic E-state index is -0.755. The number of methoxy groups -OCH3 is 1. The number of hydrogen-bond acceptors (Lipinski definition) is 5. The molecule has 0 radical (unpaired) electrons. The van der Waals surface area contributed by atoms with Crippen LogP contribution in [0.2, 0.25) is 0 Å². The Morgan fingerprint density at radius 1 is 1.30 bits per heavy atom. The first kappa shape index (κ1) is 16.0. The Hall–Kier alpha value is -1.92. The maximum atomic E-state index is 12.5. The molecule has 1 aromatic carbocycles. The lowest BCUT2D eigenvalue weighted by Crippen LogP contribution is -2.52. The normalized spacial score (nSPS) is 16.8. The maximum Gasteiger partial charge on any atom is 0.246 e. The number of hydrogen-bond donors (Lipinski definition) is 2. The van der Waals surface area contributed by atoms with E-state index in [-0.39, 0.29) is 5.91 Å². The van der Waals surface area contributed by atoms with Crippen LogP contribution in [0.5, 0.6) is 5.75 Å². The van der Waals surface area contributed by atoms with Crippen LogP contribution in [-0.4, -0.2) is 23.5 Å². The second kappa shape index (κ2) is 6.68. The highest BCUT2D eigenvalue weighted by molar-refractivity contribution is 7.14. The van der Waals surface area contributed by atoms with E-state index < -0.39 is 5.54 Å². The summed E-state index contributed by atoms with van der Waals surface area (Å²) < 4.78 is 5.36. The molecular formula is C17H21N3O2S. The Kier molecular flexibility index (Phi) is 4.63. The molecule has 0 bridgehead atoms. The van der Waals surface area contributed by atoms with Gasteiger partial charge in [-0.2, -0.15) is 0 Å². The second-order valence-electron chi connectivity index (χ2n) is 5.91. The van der Waals surface area contributed by atoms with Crippen molar-refractivity contribution in [3.05, 3.63) is 29.6 Å². The number of aromatic nitrogens is 1. The van der Waals surface area contributed by atoms with Crippen LogP contribution in [0.1, 0.15) is 32.1 Å². The quantitative estimate of drug-likeness (QED) is 0.900. The summed E-state index contributed by atoms with van der Waals surface area (Å²) in [5, 5.41) is 5.37. The van der Waals surface area contributed by atoms with Crippen LogP contribution in [0.3, 0.4) is 0 Å². The molecule has 1 aliphatic carbocycles. The third kappa shape index (κ3) is 3.38. The highest BCUT2D eigenvalue weighted by Gasteiger charge is 2.35. The van der Waals surface area contributed by atoms with Gasteiger partial charge in [0.15, 0.2) is 5.13 Å². The molecule has 5 nitrogen and oxygen atoms in total. The van der Waals surface area contributed by atoms with Crippen LogP contribution in [0, 0.1) is 0 Å². The molecule has 1 aliphatic rings. The van der Waals surface area contributed by atoms with Gasteiger partial charge in [0, 0.05) is 10.9 Å². The van der Waals surface area contributed by atoms with Crippen LogP contribution in [0.4, 0.5) is 5.13 Å². The molecule has 3 rings (SSSR count). The van der Waals surface area contributed by atoms with Gasteiger partial charge < -0.3 is 15.8 Å². The van der Waals surface area contributed by atoms with Crippen LogP contribution in [-0.2, 0) is 4.79 Å². The largest absolute Gasteiger partial charge is 0.496 e. The van der Waals surface area contributed by atoms with E-state index in [4.69, 9.17) is 10.5 Å². The van der Waals surface area contributed by atoms with E-state index in [1.165, 1.54) is 11.3 Å². The number of anilines is 1. The standard InChI is InChI=1S/C17H21N3O2S/c1-22-14-8-4-3-7-12(14)13-11-23-16(19-13)20-15(21)17(18)9-5-2-6-10-17/h3-4,7-8,11H,2,5-6,9-10,18H2,1H3,(H,19,20,21). The van der Waals surface area contributed by atoms with Crippen molar-refractivity contribution in [2.75, 3.05) is 12.4 Å². The van der Waals surface area contributed by atoms with E-state index >= 15 is 0 Å². The van der Waals surface area contributed by atoms with Crippen molar-refractivity contribution in [1.82, 2.24) is 4.98 Å². The molecule has 0 atom stereocenters. The lowest BCUT2D eigenvalue weighted by atomic mass is 9.82. The van der Waals surface area contributed by atoms with Crippen LogP contribution in [0.25, 0.3) is 11.3 Å². The molecule has 1 aromatic heterocycles. The summed E-state index contributed by atoms with van der Waals surface area (Å²) in [5.74, 6) is 0.636. The zero-order valence-electron chi connectivity index (χ0n) is 13.2. The topological polar surface area (TPSA) is 77.2 Å². The average Bonchev–Trinajstić information content (AvgIpc) is 3.04. The molecule has 6 heteroatoms. The molecule has 0 aliphatic heterocycles. The van der Waals surface area contributed by atoms with Crippen LogP contribution >= 0.6 is 11.3 Å². The van der Waals surface area contributed by atoms with E-state index in [2.05, 4.69) is 10.3 Å². The number of ether oxygens (including phenoxy) is 1. The van der Waals surface area contributed by atoms with Crippen molar-refractivity contribution in [3.63, 3.8) is 0 Å². The number of nitrogens with one attached hydrogen (secondary N) is 1. The predicted molar refractivity (Wildman–Crippen MR) is 92.7 cm³/mol. The second-order valence-corrected chi connectivity index (χ2v) is 6.77. The summed E-state index contributed by atoms with van der Waals surface area (Å²) in [6, 6.07) is 7.69. The van der Waals surface area contributed by atoms with Gasteiger partial charge in [0.05, 0.1) is 18.3 Å². The molecule has 0 saturated heterocycles. The number of para-hydroxylation sites is 1. The van der Waals surface area contributed by atoms with Gasteiger partial charge in [0.2, 0.25) is 5.91 Å². The summed E-state index contributed by atoms with van der Waals surface area (Å²) in [6.07, 6.45) is 4.65. The van der Waals surface area contributed by atoms with Gasteiger partial charge in [-0.25, -0.2) is 4.98 Å². The van der Waals surface area contributed by atoms with Gasteiger partial charge in [-0.15, -0.1) is 11.3 Å². The SMILES string of the molecule is COc1ccccc1-c1csc(NC(=O)C2(N)CCCCC2)n1. The van der Waals surface area contributed by atoms with Gasteiger partial charge in [-0.05, 0) is 25.0 Å². The molecule has 1 fully saturated rings. The van der Waals surface area contributed by atoms with E-state index in [0.717, 1.165) is 49.1 Å². The number of carbonyl (C=O) groups is 1. The van der Waals surface area contributed by atoms with Gasteiger partial charge in [0.1, 0.15) is 5.75 Å². The molecular weight excluding hydrogens is 310 g/mol. The highest BCUT2D eigenvalue weighted by atomic mass is 32.1. The molecule has 1 saturated carbocycles. The molecule has 1 amide bonds. The monoisotopic (exact) mass is 331 g/mol. The highest BCUT2D eigenvalue weighted by Crippen LogP contribution is 2.33. The zero-order valence-corrected chi connectivity index (χ0v) is 14.0. The number of thiazole rings is 1. The smallest absolute Gasteiger partial charge is 0.246 e. The van der Waals surface area contributed by atoms with E-state index in [0.29, 0.717) is 5.13 Å². The third-order valence-corrected chi connectivity index (χ3v) is 5.06. The fourth-order valence-corrected chi connectivity index (χ4v) is 3.65. The minimum absolute atomic E-state index is 0.127. The van der Waals surface area contributed by atoms with Crippen molar-refractivity contribution < 1.29 is 9.53 Å². The van der Waals surface area contributed by atoms with Crippen molar-refractivity contribution in [1.29, 1.82) is 0 Å². The molecule has 2 aromatic rings. The Balaban J connectivity index is 1.76. The van der Waals surface area contributed by atoms with Crippen molar-refractivity contribution in [2.45, 2.75) is 37.6 Å². The Morgan fingerprint density at radius 2 is 2.04 bits per heavy atom. The Morgan fingerprint density at radius 3 is 2.78 bits per heavy atom. The van der Waals surface area contributed by atoms with Crippen LogP contribution in [0.15, 0.2) is 29.6 Å². The molecule has 3 N–H and O–H groups in total. The number of nitrogens with zero attached hydrogens (tertiary/aromatic N) is 1. The predicted octanol–water partition coefficient (Wildman–Crippen LogP) is 3.42. The molecule has 23 heavy (non-hydrogen) atoms.